The molecule has 3 aromatic rings. The van der Waals surface area contributed by atoms with Gasteiger partial charge in [0.2, 0.25) is 0 Å². The number of benzene rings is 2. The molecule has 0 aliphatic carbocycles. The first-order valence-corrected chi connectivity index (χ1v) is 9.01. The minimum atomic E-state index is 0.845. The summed E-state index contributed by atoms with van der Waals surface area (Å²) in [6.45, 7) is 0. The van der Waals surface area contributed by atoms with Crippen LogP contribution < -0.4 is 9.47 Å². The van der Waals surface area contributed by atoms with Crippen molar-refractivity contribution >= 4 is 23.1 Å². The molecular formula is C18H17NO2S2. The Kier molecular flexibility index (Phi) is 5.20. The monoisotopic (exact) mass is 343 g/mol. The lowest BCUT2D eigenvalue weighted by atomic mass is 10.2. The Bertz CT molecular complexity index is 769. The molecule has 0 saturated carbocycles. The zero-order chi connectivity index (χ0) is 16.1. The highest BCUT2D eigenvalue weighted by Gasteiger charge is 2.10. The number of ether oxygens (including phenoxy) is 2. The van der Waals surface area contributed by atoms with E-state index < -0.39 is 0 Å². The predicted octanol–water partition coefficient (Wildman–Crippen LogP) is 5.12. The third-order valence-corrected chi connectivity index (χ3v) is 5.31. The van der Waals surface area contributed by atoms with E-state index in [2.05, 4.69) is 17.5 Å². The van der Waals surface area contributed by atoms with Crippen LogP contribution in [0.5, 0.6) is 11.5 Å². The summed E-state index contributed by atoms with van der Waals surface area (Å²) >= 11 is 3.42. The predicted molar refractivity (Wildman–Crippen MR) is 96.7 cm³/mol. The molecule has 3 nitrogen and oxygen atoms in total. The number of aromatic nitrogens is 1. The Morgan fingerprint density at radius 3 is 2.52 bits per heavy atom. The molecule has 0 bridgehead atoms. The lowest BCUT2D eigenvalue weighted by molar-refractivity contribution is 0.414. The van der Waals surface area contributed by atoms with E-state index in [4.69, 9.17) is 14.5 Å². The first kappa shape index (κ1) is 15.9. The van der Waals surface area contributed by atoms with E-state index in [1.165, 1.54) is 4.90 Å². The van der Waals surface area contributed by atoms with Crippen molar-refractivity contribution in [2.75, 3.05) is 14.2 Å². The van der Waals surface area contributed by atoms with Crippen molar-refractivity contribution < 1.29 is 9.47 Å². The third-order valence-electron chi connectivity index (χ3n) is 3.34. The summed E-state index contributed by atoms with van der Waals surface area (Å²) in [5, 5.41) is 3.10. The van der Waals surface area contributed by atoms with Gasteiger partial charge in [0.25, 0.3) is 0 Å². The summed E-state index contributed by atoms with van der Waals surface area (Å²) in [5.74, 6) is 2.58. The Morgan fingerprint density at radius 2 is 1.78 bits per heavy atom. The maximum atomic E-state index is 5.41. The van der Waals surface area contributed by atoms with Crippen LogP contribution in [0.1, 0.15) is 5.69 Å². The summed E-state index contributed by atoms with van der Waals surface area (Å²) in [6.07, 6.45) is 0. The molecule has 3 rings (SSSR count). The summed E-state index contributed by atoms with van der Waals surface area (Å²) in [6, 6.07) is 16.1. The number of hydrogen-bond donors (Lipinski definition) is 0. The van der Waals surface area contributed by atoms with E-state index in [0.717, 1.165) is 33.5 Å². The molecule has 118 valence electrons. The zero-order valence-electron chi connectivity index (χ0n) is 13.0. The van der Waals surface area contributed by atoms with Crippen molar-refractivity contribution in [3.63, 3.8) is 0 Å². The Labute approximate surface area is 144 Å². The molecule has 0 unspecified atom stereocenters. The molecule has 1 heterocycles. The van der Waals surface area contributed by atoms with Gasteiger partial charge in [0.15, 0.2) is 0 Å². The normalized spacial score (nSPS) is 10.5. The van der Waals surface area contributed by atoms with Crippen molar-refractivity contribution in [1.82, 2.24) is 4.98 Å². The van der Waals surface area contributed by atoms with Gasteiger partial charge in [0.1, 0.15) is 16.5 Å². The molecule has 5 heteroatoms. The fraction of sp³-hybridized carbons (Fsp3) is 0.167. The second kappa shape index (κ2) is 7.53. The molecule has 2 aromatic carbocycles. The van der Waals surface area contributed by atoms with Crippen LogP contribution in [0, 0.1) is 0 Å². The zero-order valence-corrected chi connectivity index (χ0v) is 14.6. The van der Waals surface area contributed by atoms with Crippen LogP contribution in [-0.4, -0.2) is 19.2 Å². The number of methoxy groups -OCH3 is 2. The number of thioether (sulfide) groups is 1. The van der Waals surface area contributed by atoms with Crippen LogP contribution in [0.2, 0.25) is 0 Å². The fourth-order valence-electron chi connectivity index (χ4n) is 2.15. The summed E-state index contributed by atoms with van der Waals surface area (Å²) < 4.78 is 10.6. The van der Waals surface area contributed by atoms with Crippen LogP contribution in [0.25, 0.3) is 10.6 Å². The summed E-state index contributed by atoms with van der Waals surface area (Å²) in [7, 11) is 3.36. The van der Waals surface area contributed by atoms with Gasteiger partial charge >= 0.3 is 0 Å². The largest absolute Gasteiger partial charge is 0.497 e. The van der Waals surface area contributed by atoms with Crippen molar-refractivity contribution in [3.8, 4) is 22.1 Å². The van der Waals surface area contributed by atoms with Gasteiger partial charge in [-0.3, -0.25) is 0 Å². The van der Waals surface area contributed by atoms with Gasteiger partial charge in [-0.15, -0.1) is 23.1 Å². The van der Waals surface area contributed by atoms with E-state index in [1.54, 1.807) is 37.3 Å². The number of para-hydroxylation sites is 1. The molecule has 0 fully saturated rings. The average Bonchev–Trinajstić information content (AvgIpc) is 3.09. The Hall–Kier alpha value is -1.98. The maximum Gasteiger partial charge on any atom is 0.129 e. The summed E-state index contributed by atoms with van der Waals surface area (Å²) in [4.78, 5) is 5.94. The second-order valence-corrected chi connectivity index (χ2v) is 6.72. The van der Waals surface area contributed by atoms with Gasteiger partial charge in [-0.05, 0) is 36.4 Å². The number of thiazole rings is 1. The number of rotatable bonds is 6. The first-order chi connectivity index (χ1) is 11.3. The number of hydrogen-bond acceptors (Lipinski definition) is 5. The molecule has 0 spiro atoms. The van der Waals surface area contributed by atoms with Crippen LogP contribution in [0.4, 0.5) is 0 Å². The van der Waals surface area contributed by atoms with Gasteiger partial charge in [-0.2, -0.15) is 0 Å². The SMILES string of the molecule is COc1ccc(SCc2csc(-c3ccccc3OC)n2)cc1. The second-order valence-electron chi connectivity index (χ2n) is 4.81. The molecular weight excluding hydrogens is 326 g/mol. The molecule has 0 saturated heterocycles. The van der Waals surface area contributed by atoms with Gasteiger partial charge in [-0.1, -0.05) is 12.1 Å². The van der Waals surface area contributed by atoms with Gasteiger partial charge in [-0.25, -0.2) is 4.98 Å². The van der Waals surface area contributed by atoms with E-state index in [1.807, 2.05) is 36.4 Å². The van der Waals surface area contributed by atoms with Crippen molar-refractivity contribution in [2.45, 2.75) is 10.6 Å². The molecule has 1 aromatic heterocycles. The maximum absolute atomic E-state index is 5.41. The van der Waals surface area contributed by atoms with Crippen molar-refractivity contribution in [2.24, 2.45) is 0 Å². The quantitative estimate of drug-likeness (QED) is 0.581. The van der Waals surface area contributed by atoms with Crippen LogP contribution in [0.15, 0.2) is 58.8 Å². The number of nitrogens with zero attached hydrogens (tertiary/aromatic N) is 1. The van der Waals surface area contributed by atoms with Crippen molar-refractivity contribution in [1.29, 1.82) is 0 Å². The van der Waals surface area contributed by atoms with Gasteiger partial charge in [0, 0.05) is 16.0 Å². The molecule has 23 heavy (non-hydrogen) atoms. The highest BCUT2D eigenvalue weighted by Crippen LogP contribution is 2.33. The van der Waals surface area contributed by atoms with E-state index in [9.17, 15) is 0 Å². The minimum Gasteiger partial charge on any atom is -0.497 e. The average molecular weight is 343 g/mol. The Morgan fingerprint density at radius 1 is 1.00 bits per heavy atom. The third kappa shape index (κ3) is 3.86. The molecule has 0 N–H and O–H groups in total. The smallest absolute Gasteiger partial charge is 0.129 e. The van der Waals surface area contributed by atoms with E-state index >= 15 is 0 Å². The van der Waals surface area contributed by atoms with Gasteiger partial charge < -0.3 is 9.47 Å². The first-order valence-electron chi connectivity index (χ1n) is 7.15. The van der Waals surface area contributed by atoms with Crippen molar-refractivity contribution in [3.05, 3.63) is 59.6 Å². The molecule has 0 aliphatic heterocycles. The lowest BCUT2D eigenvalue weighted by Crippen LogP contribution is -1.87. The van der Waals surface area contributed by atoms with Crippen LogP contribution >= 0.6 is 23.1 Å². The molecule has 0 atom stereocenters. The van der Waals surface area contributed by atoms with E-state index in [0.29, 0.717) is 0 Å². The highest BCUT2D eigenvalue weighted by molar-refractivity contribution is 7.98. The summed E-state index contributed by atoms with van der Waals surface area (Å²) in [5.41, 5.74) is 2.12. The lowest BCUT2D eigenvalue weighted by Gasteiger charge is -2.04. The Balaban J connectivity index is 1.69. The molecule has 0 aliphatic rings. The molecule has 0 amide bonds. The van der Waals surface area contributed by atoms with E-state index in [-0.39, 0.29) is 0 Å². The topological polar surface area (TPSA) is 31.4 Å². The van der Waals surface area contributed by atoms with Crippen LogP contribution in [-0.2, 0) is 5.75 Å². The minimum absolute atomic E-state index is 0.845. The van der Waals surface area contributed by atoms with Crippen LogP contribution in [0.3, 0.4) is 0 Å². The molecule has 0 radical (unpaired) electrons. The highest BCUT2D eigenvalue weighted by atomic mass is 32.2. The standard InChI is InChI=1S/C18H17NO2S2/c1-20-14-7-9-15(10-8-14)22-11-13-12-23-18(19-13)16-5-3-4-6-17(16)21-2/h3-10,12H,11H2,1-2H3. The fourth-order valence-corrected chi connectivity index (χ4v) is 3.89. The van der Waals surface area contributed by atoms with Gasteiger partial charge in [0.05, 0.1) is 25.5 Å².